The third kappa shape index (κ3) is 3.58. The van der Waals surface area contributed by atoms with Crippen molar-refractivity contribution in [1.82, 2.24) is 15.2 Å². The normalized spacial score (nSPS) is 12.1. The molecule has 3 aromatic rings. The summed E-state index contributed by atoms with van der Waals surface area (Å²) in [5.74, 6) is 2.32. The van der Waals surface area contributed by atoms with Crippen LogP contribution >= 0.6 is 23.2 Å². The van der Waals surface area contributed by atoms with Gasteiger partial charge in [-0.2, -0.15) is 10.1 Å². The first kappa shape index (κ1) is 16.7. The second kappa shape index (κ2) is 7.23. The Bertz CT molecular complexity index is 934. The maximum absolute atomic E-state index is 6.16. The molecular weight excluding hydrogens is 377 g/mol. The minimum absolute atomic E-state index is 0.248. The summed E-state index contributed by atoms with van der Waals surface area (Å²) < 4.78 is 10.7. The zero-order valence-electron chi connectivity index (χ0n) is 13.4. The summed E-state index contributed by atoms with van der Waals surface area (Å²) in [6.07, 6.45) is 1.49. The van der Waals surface area contributed by atoms with Crippen LogP contribution in [0.25, 0.3) is 0 Å². The lowest BCUT2D eigenvalue weighted by Gasteiger charge is -2.10. The highest BCUT2D eigenvalue weighted by atomic mass is 35.5. The van der Waals surface area contributed by atoms with E-state index in [1.54, 1.807) is 18.2 Å². The molecule has 0 unspecified atom stereocenters. The van der Waals surface area contributed by atoms with Crippen molar-refractivity contribution in [3.63, 3.8) is 0 Å². The van der Waals surface area contributed by atoms with Gasteiger partial charge >= 0.3 is 0 Å². The van der Waals surface area contributed by atoms with Crippen molar-refractivity contribution in [2.75, 3.05) is 17.4 Å². The molecule has 9 heteroatoms. The number of aromatic nitrogens is 3. The summed E-state index contributed by atoms with van der Waals surface area (Å²) in [6.45, 7) is 0.756. The van der Waals surface area contributed by atoms with Crippen LogP contribution in [0.5, 0.6) is 11.5 Å². The topological polar surface area (TPSA) is 81.2 Å². The third-order valence-corrected chi connectivity index (χ3v) is 4.29. The van der Waals surface area contributed by atoms with Crippen LogP contribution in [-0.4, -0.2) is 22.0 Å². The fourth-order valence-corrected chi connectivity index (χ4v) is 2.91. The summed E-state index contributed by atoms with van der Waals surface area (Å²) >= 11 is 12.3. The predicted molar refractivity (Wildman–Crippen MR) is 99.5 cm³/mol. The van der Waals surface area contributed by atoms with Crippen LogP contribution in [0.4, 0.5) is 17.5 Å². The summed E-state index contributed by atoms with van der Waals surface area (Å²) in [6, 6.07) is 11.0. The zero-order valence-corrected chi connectivity index (χ0v) is 14.9. The van der Waals surface area contributed by atoms with Gasteiger partial charge in [-0.3, -0.25) is 0 Å². The monoisotopic (exact) mass is 389 g/mol. The fourth-order valence-electron chi connectivity index (χ4n) is 2.42. The number of nitrogens with zero attached hydrogens (tertiary/aromatic N) is 3. The Labute approximate surface area is 159 Å². The smallest absolute Gasteiger partial charge is 0.244 e. The van der Waals surface area contributed by atoms with E-state index in [4.69, 9.17) is 32.7 Å². The van der Waals surface area contributed by atoms with Gasteiger partial charge in [-0.25, -0.2) is 0 Å². The molecule has 7 nitrogen and oxygen atoms in total. The molecule has 1 aromatic heterocycles. The molecule has 2 heterocycles. The number of nitrogens with one attached hydrogen (secondary N) is 2. The molecule has 2 N–H and O–H groups in total. The lowest BCUT2D eigenvalue weighted by atomic mass is 10.2. The Balaban J connectivity index is 1.46. The van der Waals surface area contributed by atoms with E-state index in [0.29, 0.717) is 34.0 Å². The molecule has 0 amide bonds. The van der Waals surface area contributed by atoms with E-state index in [-0.39, 0.29) is 6.79 Å². The highest BCUT2D eigenvalue weighted by Gasteiger charge is 2.13. The largest absolute Gasteiger partial charge is 0.454 e. The van der Waals surface area contributed by atoms with Crippen LogP contribution in [0, 0.1) is 0 Å². The summed E-state index contributed by atoms with van der Waals surface area (Å²) in [4.78, 5) is 4.37. The molecule has 0 atom stereocenters. The standard InChI is InChI=1S/C17H13Cl2N5O2/c18-11-2-1-3-12(19)16(11)22-15-8-21-24-17(23-15)20-7-10-4-5-13-14(6-10)26-9-25-13/h1-6,8H,7,9H2,(H2,20,22,23,24). The quantitative estimate of drug-likeness (QED) is 0.674. The first-order chi connectivity index (χ1) is 12.7. The fraction of sp³-hybridized carbons (Fsp3) is 0.118. The van der Waals surface area contributed by atoms with Gasteiger partial charge in [0.2, 0.25) is 12.7 Å². The van der Waals surface area contributed by atoms with Crippen molar-refractivity contribution in [3.8, 4) is 11.5 Å². The van der Waals surface area contributed by atoms with Gasteiger partial charge in [0, 0.05) is 6.54 Å². The van der Waals surface area contributed by atoms with Crippen LogP contribution in [0.2, 0.25) is 10.0 Å². The summed E-state index contributed by atoms with van der Waals surface area (Å²) in [5, 5.41) is 15.1. The van der Waals surface area contributed by atoms with Gasteiger partial charge in [-0.05, 0) is 29.8 Å². The second-order valence-corrected chi connectivity index (χ2v) is 6.24. The van der Waals surface area contributed by atoms with E-state index in [9.17, 15) is 0 Å². The van der Waals surface area contributed by atoms with Crippen molar-refractivity contribution in [1.29, 1.82) is 0 Å². The summed E-state index contributed by atoms with van der Waals surface area (Å²) in [7, 11) is 0. The molecule has 26 heavy (non-hydrogen) atoms. The van der Waals surface area contributed by atoms with Crippen molar-refractivity contribution < 1.29 is 9.47 Å². The molecule has 4 rings (SSSR count). The molecule has 0 aliphatic carbocycles. The maximum Gasteiger partial charge on any atom is 0.244 e. The minimum Gasteiger partial charge on any atom is -0.454 e. The lowest BCUT2D eigenvalue weighted by molar-refractivity contribution is 0.174. The third-order valence-electron chi connectivity index (χ3n) is 3.66. The van der Waals surface area contributed by atoms with Crippen LogP contribution in [0.15, 0.2) is 42.6 Å². The Kier molecular flexibility index (Phi) is 4.64. The number of ether oxygens (including phenoxy) is 2. The van der Waals surface area contributed by atoms with Gasteiger partial charge in [0.25, 0.3) is 0 Å². The number of benzene rings is 2. The van der Waals surface area contributed by atoms with Crippen LogP contribution in [0.3, 0.4) is 0 Å². The maximum atomic E-state index is 6.16. The average Bonchev–Trinajstić information content (AvgIpc) is 3.11. The van der Waals surface area contributed by atoms with Gasteiger partial charge in [-0.15, -0.1) is 5.10 Å². The molecule has 0 saturated heterocycles. The van der Waals surface area contributed by atoms with E-state index >= 15 is 0 Å². The van der Waals surface area contributed by atoms with E-state index in [1.807, 2.05) is 18.2 Å². The molecule has 1 aliphatic heterocycles. The molecule has 0 bridgehead atoms. The number of halogens is 2. The van der Waals surface area contributed by atoms with Crippen molar-refractivity contribution in [3.05, 3.63) is 58.2 Å². The van der Waals surface area contributed by atoms with Gasteiger partial charge in [0.15, 0.2) is 17.3 Å². The van der Waals surface area contributed by atoms with E-state index in [0.717, 1.165) is 17.1 Å². The highest BCUT2D eigenvalue weighted by molar-refractivity contribution is 6.39. The lowest BCUT2D eigenvalue weighted by Crippen LogP contribution is -2.06. The zero-order chi connectivity index (χ0) is 17.9. The molecule has 0 fully saturated rings. The number of hydrogen-bond donors (Lipinski definition) is 2. The van der Waals surface area contributed by atoms with E-state index in [1.165, 1.54) is 6.20 Å². The van der Waals surface area contributed by atoms with Crippen molar-refractivity contribution in [2.24, 2.45) is 0 Å². The van der Waals surface area contributed by atoms with Crippen LogP contribution in [0.1, 0.15) is 5.56 Å². The Morgan fingerprint density at radius 3 is 2.69 bits per heavy atom. The van der Waals surface area contributed by atoms with Gasteiger partial charge in [-0.1, -0.05) is 35.3 Å². The van der Waals surface area contributed by atoms with Gasteiger partial charge in [0.1, 0.15) is 0 Å². The molecule has 1 aliphatic rings. The van der Waals surface area contributed by atoms with E-state index < -0.39 is 0 Å². The van der Waals surface area contributed by atoms with Crippen molar-refractivity contribution in [2.45, 2.75) is 6.54 Å². The SMILES string of the molecule is Clc1cccc(Cl)c1Nc1cnnc(NCc2ccc3c(c2)OCO3)n1. The number of para-hydroxylation sites is 1. The van der Waals surface area contributed by atoms with Gasteiger partial charge in [0.05, 0.1) is 21.9 Å². The number of hydrogen-bond acceptors (Lipinski definition) is 7. The highest BCUT2D eigenvalue weighted by Crippen LogP contribution is 2.33. The number of anilines is 3. The Hall–Kier alpha value is -2.77. The minimum atomic E-state index is 0.248. The first-order valence-corrected chi connectivity index (χ1v) is 8.48. The molecule has 0 radical (unpaired) electrons. The molecule has 0 spiro atoms. The Morgan fingerprint density at radius 1 is 1.04 bits per heavy atom. The average molecular weight is 390 g/mol. The number of rotatable bonds is 5. The number of fused-ring (bicyclic) bond motifs is 1. The van der Waals surface area contributed by atoms with Crippen LogP contribution < -0.4 is 20.1 Å². The molecule has 132 valence electrons. The van der Waals surface area contributed by atoms with E-state index in [2.05, 4.69) is 25.8 Å². The Morgan fingerprint density at radius 2 is 1.85 bits per heavy atom. The predicted octanol–water partition coefficient (Wildman–Crippen LogP) is 4.26. The van der Waals surface area contributed by atoms with Crippen LogP contribution in [-0.2, 0) is 6.54 Å². The molecule has 0 saturated carbocycles. The molecular formula is C17H13Cl2N5O2. The second-order valence-electron chi connectivity index (χ2n) is 5.43. The first-order valence-electron chi connectivity index (χ1n) is 7.72. The molecule has 2 aromatic carbocycles. The van der Waals surface area contributed by atoms with Gasteiger partial charge < -0.3 is 20.1 Å². The van der Waals surface area contributed by atoms with Crippen molar-refractivity contribution >= 4 is 40.7 Å². The summed E-state index contributed by atoms with van der Waals surface area (Å²) in [5.41, 5.74) is 1.57.